The number of unbranched alkanes of at least 4 members (excludes halogenated alkanes) is 6. The fourth-order valence-electron chi connectivity index (χ4n) is 2.00. The molecule has 0 heterocycles. The van der Waals surface area contributed by atoms with Gasteiger partial charge in [-0.2, -0.15) is 12.6 Å². The number of ether oxygens (including phenoxy) is 1. The van der Waals surface area contributed by atoms with Crippen LogP contribution in [0.4, 0.5) is 5.69 Å². The molecular weight excluding hydrogens is 310 g/mol. The first-order valence-electron chi connectivity index (χ1n) is 7.32. The molecule has 0 N–H and O–H groups in total. The van der Waals surface area contributed by atoms with Crippen molar-refractivity contribution in [3.8, 4) is 5.75 Å². The highest BCUT2D eigenvalue weighted by atomic mass is 35.5. The van der Waals surface area contributed by atoms with Crippen LogP contribution in [0.25, 0.3) is 0 Å². The SMILES string of the molecule is O=[N+]([O-])c1ccc(OCCCCCCCCCS)c(Cl)c1. The average molecular weight is 332 g/mol. The summed E-state index contributed by atoms with van der Waals surface area (Å²) in [6.45, 7) is 0.591. The molecule has 21 heavy (non-hydrogen) atoms. The largest absolute Gasteiger partial charge is 0.492 e. The molecule has 6 heteroatoms. The van der Waals surface area contributed by atoms with Crippen LogP contribution in [-0.2, 0) is 0 Å². The summed E-state index contributed by atoms with van der Waals surface area (Å²) in [7, 11) is 0. The second-order valence-electron chi connectivity index (χ2n) is 4.92. The Balaban J connectivity index is 2.14. The lowest BCUT2D eigenvalue weighted by Gasteiger charge is -2.07. The molecule has 0 bridgehead atoms. The Bertz CT molecular complexity index is 443. The zero-order valence-corrected chi connectivity index (χ0v) is 13.7. The van der Waals surface area contributed by atoms with Crippen LogP contribution >= 0.6 is 24.2 Å². The van der Waals surface area contributed by atoms with Crippen LogP contribution in [0.15, 0.2) is 18.2 Å². The molecule has 0 aliphatic carbocycles. The van der Waals surface area contributed by atoms with E-state index in [4.69, 9.17) is 16.3 Å². The van der Waals surface area contributed by atoms with Gasteiger partial charge >= 0.3 is 0 Å². The number of rotatable bonds is 11. The molecule has 0 fully saturated rings. The van der Waals surface area contributed by atoms with E-state index in [1.54, 1.807) is 6.07 Å². The normalized spacial score (nSPS) is 10.6. The summed E-state index contributed by atoms with van der Waals surface area (Å²) < 4.78 is 5.55. The zero-order chi connectivity index (χ0) is 15.5. The Labute approximate surface area is 136 Å². The van der Waals surface area contributed by atoms with Gasteiger partial charge in [0, 0.05) is 12.1 Å². The second kappa shape index (κ2) is 10.7. The lowest BCUT2D eigenvalue weighted by molar-refractivity contribution is -0.384. The van der Waals surface area contributed by atoms with E-state index in [-0.39, 0.29) is 10.7 Å². The molecule has 0 radical (unpaired) electrons. The molecule has 1 aromatic carbocycles. The van der Waals surface area contributed by atoms with Gasteiger partial charge in [-0.05, 0) is 24.7 Å². The Morgan fingerprint density at radius 1 is 1.10 bits per heavy atom. The summed E-state index contributed by atoms with van der Waals surface area (Å²) in [4.78, 5) is 10.1. The van der Waals surface area contributed by atoms with Crippen LogP contribution in [0.2, 0.25) is 5.02 Å². The molecular formula is C15H22ClNO3S. The van der Waals surface area contributed by atoms with E-state index in [0.717, 1.165) is 18.6 Å². The van der Waals surface area contributed by atoms with Crippen molar-refractivity contribution in [2.75, 3.05) is 12.4 Å². The van der Waals surface area contributed by atoms with E-state index >= 15 is 0 Å². The maximum atomic E-state index is 10.6. The Kier molecular flexibility index (Phi) is 9.26. The number of hydrogen-bond donors (Lipinski definition) is 1. The Morgan fingerprint density at radius 3 is 2.29 bits per heavy atom. The summed E-state index contributed by atoms with van der Waals surface area (Å²) in [5.74, 6) is 1.49. The second-order valence-corrected chi connectivity index (χ2v) is 5.77. The fourth-order valence-corrected chi connectivity index (χ4v) is 2.45. The van der Waals surface area contributed by atoms with Gasteiger partial charge < -0.3 is 4.74 Å². The monoisotopic (exact) mass is 331 g/mol. The van der Waals surface area contributed by atoms with Crippen LogP contribution in [0.3, 0.4) is 0 Å². The molecule has 1 rings (SSSR count). The van der Waals surface area contributed by atoms with Gasteiger partial charge in [-0.15, -0.1) is 0 Å². The average Bonchev–Trinajstić information content (AvgIpc) is 2.46. The maximum absolute atomic E-state index is 10.6. The number of hydrogen-bond acceptors (Lipinski definition) is 4. The zero-order valence-electron chi connectivity index (χ0n) is 12.1. The molecule has 0 aromatic heterocycles. The third-order valence-electron chi connectivity index (χ3n) is 3.19. The predicted molar refractivity (Wildman–Crippen MR) is 89.8 cm³/mol. The number of thiol groups is 1. The smallest absolute Gasteiger partial charge is 0.271 e. The minimum atomic E-state index is -0.469. The van der Waals surface area contributed by atoms with E-state index in [1.165, 1.54) is 44.2 Å². The molecule has 0 atom stereocenters. The van der Waals surface area contributed by atoms with E-state index in [1.807, 2.05) is 0 Å². The molecule has 4 nitrogen and oxygen atoms in total. The third kappa shape index (κ3) is 7.58. The molecule has 0 spiro atoms. The minimum absolute atomic E-state index is 0.0198. The summed E-state index contributed by atoms with van der Waals surface area (Å²) in [5.41, 5.74) is -0.0198. The van der Waals surface area contributed by atoms with Crippen molar-refractivity contribution in [2.24, 2.45) is 0 Å². The molecule has 0 unspecified atom stereocenters. The molecule has 0 saturated carbocycles. The Morgan fingerprint density at radius 2 is 1.71 bits per heavy atom. The highest BCUT2D eigenvalue weighted by Gasteiger charge is 2.09. The van der Waals surface area contributed by atoms with Gasteiger partial charge in [-0.25, -0.2) is 0 Å². The molecule has 118 valence electrons. The third-order valence-corrected chi connectivity index (χ3v) is 3.80. The molecule has 0 aliphatic rings. The van der Waals surface area contributed by atoms with Gasteiger partial charge in [0.05, 0.1) is 16.6 Å². The topological polar surface area (TPSA) is 52.4 Å². The highest BCUT2D eigenvalue weighted by Crippen LogP contribution is 2.28. The van der Waals surface area contributed by atoms with Crippen LogP contribution in [0.5, 0.6) is 5.75 Å². The van der Waals surface area contributed by atoms with Crippen molar-refractivity contribution in [3.63, 3.8) is 0 Å². The first-order chi connectivity index (χ1) is 10.1. The summed E-state index contributed by atoms with van der Waals surface area (Å²) >= 11 is 10.1. The van der Waals surface area contributed by atoms with Crippen molar-refractivity contribution in [1.29, 1.82) is 0 Å². The first-order valence-corrected chi connectivity index (χ1v) is 8.34. The maximum Gasteiger partial charge on any atom is 0.271 e. The minimum Gasteiger partial charge on any atom is -0.492 e. The summed E-state index contributed by atoms with van der Waals surface area (Å²) in [5, 5.41) is 10.9. The highest BCUT2D eigenvalue weighted by molar-refractivity contribution is 7.80. The van der Waals surface area contributed by atoms with Crippen molar-refractivity contribution in [3.05, 3.63) is 33.3 Å². The van der Waals surface area contributed by atoms with E-state index in [9.17, 15) is 10.1 Å². The molecule has 0 amide bonds. The lowest BCUT2D eigenvalue weighted by Crippen LogP contribution is -1.98. The van der Waals surface area contributed by atoms with Gasteiger partial charge in [0.1, 0.15) is 5.75 Å². The van der Waals surface area contributed by atoms with Crippen molar-refractivity contribution in [2.45, 2.75) is 44.9 Å². The van der Waals surface area contributed by atoms with Crippen LogP contribution < -0.4 is 4.74 Å². The summed E-state index contributed by atoms with van der Waals surface area (Å²) in [6.07, 6.45) is 8.31. The number of benzene rings is 1. The number of nitrogens with zero attached hydrogens (tertiary/aromatic N) is 1. The van der Waals surface area contributed by atoms with Gasteiger partial charge in [-0.3, -0.25) is 10.1 Å². The fraction of sp³-hybridized carbons (Fsp3) is 0.600. The van der Waals surface area contributed by atoms with Gasteiger partial charge in [-0.1, -0.05) is 43.7 Å². The van der Waals surface area contributed by atoms with E-state index < -0.39 is 4.92 Å². The predicted octanol–water partition coefficient (Wildman–Crippen LogP) is 5.29. The van der Waals surface area contributed by atoms with E-state index in [0.29, 0.717) is 12.4 Å². The Hall–Kier alpha value is -0.940. The van der Waals surface area contributed by atoms with Crippen molar-refractivity contribution in [1.82, 2.24) is 0 Å². The first kappa shape index (κ1) is 18.1. The van der Waals surface area contributed by atoms with E-state index in [2.05, 4.69) is 12.6 Å². The number of nitro benzene ring substituents is 1. The van der Waals surface area contributed by atoms with Crippen molar-refractivity contribution < 1.29 is 9.66 Å². The number of non-ortho nitro benzene ring substituents is 1. The molecule has 1 aromatic rings. The number of nitro groups is 1. The van der Waals surface area contributed by atoms with Gasteiger partial charge in [0.2, 0.25) is 0 Å². The summed E-state index contributed by atoms with van der Waals surface area (Å²) in [6, 6.07) is 4.28. The lowest BCUT2D eigenvalue weighted by atomic mass is 10.1. The van der Waals surface area contributed by atoms with Crippen LogP contribution in [0.1, 0.15) is 44.9 Å². The van der Waals surface area contributed by atoms with Gasteiger partial charge in [0.15, 0.2) is 0 Å². The standard InChI is InChI=1S/C15H22ClNO3S/c16-14-12-13(17(18)19)8-9-15(14)20-10-6-4-2-1-3-5-7-11-21/h8-9,12,21H,1-7,10-11H2. The quantitative estimate of drug-likeness (QED) is 0.259. The number of halogens is 1. The molecule has 0 saturated heterocycles. The van der Waals surface area contributed by atoms with Crippen LogP contribution in [-0.4, -0.2) is 17.3 Å². The van der Waals surface area contributed by atoms with Crippen molar-refractivity contribution >= 4 is 29.9 Å². The van der Waals surface area contributed by atoms with Crippen LogP contribution in [0, 0.1) is 10.1 Å². The van der Waals surface area contributed by atoms with Gasteiger partial charge in [0.25, 0.3) is 5.69 Å². The molecule has 0 aliphatic heterocycles.